The number of rotatable bonds is 5. The molecule has 1 aliphatic rings. The van der Waals surface area contributed by atoms with Crippen molar-refractivity contribution in [1.29, 1.82) is 0 Å². The Morgan fingerprint density at radius 2 is 1.94 bits per heavy atom. The summed E-state index contributed by atoms with van der Waals surface area (Å²) in [4.78, 5) is 11.3. The molecule has 1 fully saturated rings. The van der Waals surface area contributed by atoms with E-state index in [2.05, 4.69) is 4.74 Å². The lowest BCUT2D eigenvalue weighted by Crippen LogP contribution is -2.60. The van der Waals surface area contributed by atoms with E-state index in [0.717, 1.165) is 20.0 Å². The number of esters is 1. The Balaban J connectivity index is 2.69. The molecule has 1 heterocycles. The van der Waals surface area contributed by atoms with Gasteiger partial charge in [0.2, 0.25) is 0 Å². The normalized spacial score (nSPS) is 36.4. The van der Waals surface area contributed by atoms with Crippen LogP contribution in [0.3, 0.4) is 0 Å². The Hall–Kier alpha value is -0.730. The molecule has 0 amide bonds. The van der Waals surface area contributed by atoms with Crippen LogP contribution in [0.1, 0.15) is 19.8 Å². The topological polar surface area (TPSA) is 105 Å². The number of unbranched alkanes of at least 4 members (excludes halogenated alkanes) is 1. The number of carbonyl (C=O) groups is 1. The van der Waals surface area contributed by atoms with Gasteiger partial charge in [-0.05, 0) is 6.42 Å². The summed E-state index contributed by atoms with van der Waals surface area (Å²) in [6, 6.07) is 0. The van der Waals surface area contributed by atoms with Gasteiger partial charge in [-0.2, -0.15) is 0 Å². The van der Waals surface area contributed by atoms with Crippen molar-refractivity contribution in [1.82, 2.24) is 0 Å². The van der Waals surface area contributed by atoms with Crippen LogP contribution in [0, 0.1) is 0 Å². The fourth-order valence-electron chi connectivity index (χ4n) is 1.72. The smallest absolute Gasteiger partial charge is 0.337 e. The van der Waals surface area contributed by atoms with E-state index in [-0.39, 0.29) is 0 Å². The van der Waals surface area contributed by atoms with Crippen molar-refractivity contribution in [3.63, 3.8) is 0 Å². The highest BCUT2D eigenvalue weighted by molar-refractivity contribution is 5.75. The van der Waals surface area contributed by atoms with E-state index in [1.807, 2.05) is 6.92 Å². The Bertz CT molecular complexity index is 270. The van der Waals surface area contributed by atoms with Gasteiger partial charge < -0.3 is 29.5 Å². The Morgan fingerprint density at radius 3 is 2.50 bits per heavy atom. The van der Waals surface area contributed by atoms with Crippen LogP contribution >= 0.6 is 0 Å². The molecule has 0 saturated carbocycles. The van der Waals surface area contributed by atoms with Crippen LogP contribution in [0.5, 0.6) is 0 Å². The number of aliphatic hydroxyl groups excluding tert-OH is 3. The van der Waals surface area contributed by atoms with Crippen molar-refractivity contribution in [2.45, 2.75) is 50.5 Å². The molecule has 0 bridgehead atoms. The summed E-state index contributed by atoms with van der Waals surface area (Å²) < 4.78 is 14.5. The van der Waals surface area contributed by atoms with Crippen LogP contribution in [0.25, 0.3) is 0 Å². The van der Waals surface area contributed by atoms with Crippen LogP contribution in [0.15, 0.2) is 0 Å². The molecule has 0 aromatic rings. The number of ether oxygens (including phenoxy) is 3. The summed E-state index contributed by atoms with van der Waals surface area (Å²) in [6.07, 6.45) is -5.19. The third kappa shape index (κ3) is 3.39. The molecule has 1 rings (SSSR count). The first-order chi connectivity index (χ1) is 8.52. The molecular formula is C11H20O7. The molecule has 0 aromatic heterocycles. The summed E-state index contributed by atoms with van der Waals surface area (Å²) in [5, 5.41) is 29.0. The maximum atomic E-state index is 11.3. The molecule has 0 aliphatic carbocycles. The Morgan fingerprint density at radius 1 is 1.28 bits per heavy atom. The monoisotopic (exact) mass is 264 g/mol. The maximum Gasteiger partial charge on any atom is 0.337 e. The second-order valence-electron chi connectivity index (χ2n) is 4.14. The van der Waals surface area contributed by atoms with Crippen molar-refractivity contribution in [2.24, 2.45) is 0 Å². The van der Waals surface area contributed by atoms with Crippen LogP contribution < -0.4 is 0 Å². The second-order valence-corrected chi connectivity index (χ2v) is 4.14. The van der Waals surface area contributed by atoms with E-state index in [1.54, 1.807) is 0 Å². The molecule has 1 saturated heterocycles. The quantitative estimate of drug-likeness (QED) is 0.422. The maximum absolute atomic E-state index is 11.3. The van der Waals surface area contributed by atoms with E-state index in [0.29, 0.717) is 6.61 Å². The van der Waals surface area contributed by atoms with E-state index in [9.17, 15) is 20.1 Å². The fourth-order valence-corrected chi connectivity index (χ4v) is 1.72. The number of hydrogen-bond donors (Lipinski definition) is 3. The van der Waals surface area contributed by atoms with Gasteiger partial charge in [0.1, 0.15) is 18.3 Å². The first-order valence-corrected chi connectivity index (χ1v) is 5.92. The van der Waals surface area contributed by atoms with E-state index in [1.165, 1.54) is 0 Å². The van der Waals surface area contributed by atoms with Crippen LogP contribution in [0.4, 0.5) is 0 Å². The molecule has 18 heavy (non-hydrogen) atoms. The second kappa shape index (κ2) is 7.01. The van der Waals surface area contributed by atoms with Crippen LogP contribution in [-0.4, -0.2) is 65.7 Å². The van der Waals surface area contributed by atoms with Gasteiger partial charge in [-0.25, -0.2) is 4.79 Å². The van der Waals surface area contributed by atoms with E-state index >= 15 is 0 Å². The van der Waals surface area contributed by atoms with Gasteiger partial charge in [-0.15, -0.1) is 0 Å². The van der Waals surface area contributed by atoms with Crippen molar-refractivity contribution >= 4 is 5.97 Å². The van der Waals surface area contributed by atoms with Gasteiger partial charge in [0.05, 0.1) is 7.11 Å². The van der Waals surface area contributed by atoms with Gasteiger partial charge in [0.15, 0.2) is 12.4 Å². The first-order valence-electron chi connectivity index (χ1n) is 5.92. The predicted molar refractivity (Wildman–Crippen MR) is 59.6 cm³/mol. The minimum Gasteiger partial charge on any atom is -0.467 e. The molecule has 5 atom stereocenters. The lowest BCUT2D eigenvalue weighted by Gasteiger charge is -2.39. The molecule has 106 valence electrons. The highest BCUT2D eigenvalue weighted by Crippen LogP contribution is 2.23. The lowest BCUT2D eigenvalue weighted by molar-refractivity contribution is -0.288. The molecule has 7 nitrogen and oxygen atoms in total. The molecule has 3 N–H and O–H groups in total. The zero-order chi connectivity index (χ0) is 13.7. The van der Waals surface area contributed by atoms with Crippen LogP contribution in [-0.2, 0) is 19.0 Å². The number of methoxy groups -OCH3 is 1. The SMILES string of the molecule is CCCCOC1[C@H](O)C(C(=O)OC)O[C@@H](O)[C@H]1O. The fraction of sp³-hybridized carbons (Fsp3) is 0.909. The van der Waals surface area contributed by atoms with Crippen molar-refractivity contribution in [3.8, 4) is 0 Å². The lowest BCUT2D eigenvalue weighted by atomic mass is 9.98. The standard InChI is InChI=1S/C11H20O7/c1-3-4-5-17-8-6(12)9(11(15)16-2)18-10(14)7(8)13/h6-10,12-14H,3-5H2,1-2H3/t6-,7-,8?,9?,10+/m0/s1. The zero-order valence-corrected chi connectivity index (χ0v) is 10.5. The van der Waals surface area contributed by atoms with Gasteiger partial charge in [-0.1, -0.05) is 13.3 Å². The van der Waals surface area contributed by atoms with Gasteiger partial charge >= 0.3 is 5.97 Å². The van der Waals surface area contributed by atoms with Gasteiger partial charge in [0.25, 0.3) is 0 Å². The molecular weight excluding hydrogens is 244 g/mol. The largest absolute Gasteiger partial charge is 0.467 e. The highest BCUT2D eigenvalue weighted by atomic mass is 16.7. The van der Waals surface area contributed by atoms with Gasteiger partial charge in [0, 0.05) is 6.61 Å². The van der Waals surface area contributed by atoms with Gasteiger partial charge in [-0.3, -0.25) is 0 Å². The van der Waals surface area contributed by atoms with Crippen molar-refractivity contribution < 1.29 is 34.3 Å². The van der Waals surface area contributed by atoms with Crippen molar-refractivity contribution in [3.05, 3.63) is 0 Å². The summed E-state index contributed by atoms with van der Waals surface area (Å²) in [5.74, 6) is -0.822. The summed E-state index contributed by atoms with van der Waals surface area (Å²) in [6.45, 7) is 2.28. The van der Waals surface area contributed by atoms with E-state index < -0.39 is 36.7 Å². The minimum atomic E-state index is -1.59. The third-order valence-electron chi connectivity index (χ3n) is 2.80. The highest BCUT2D eigenvalue weighted by Gasteiger charge is 2.48. The summed E-state index contributed by atoms with van der Waals surface area (Å²) in [7, 11) is 1.14. The summed E-state index contributed by atoms with van der Waals surface area (Å²) in [5.41, 5.74) is 0. The Labute approximate surface area is 105 Å². The molecule has 0 radical (unpaired) electrons. The molecule has 0 aromatic carbocycles. The third-order valence-corrected chi connectivity index (χ3v) is 2.80. The molecule has 1 aliphatic heterocycles. The predicted octanol–water partition coefficient (Wildman–Crippen LogP) is -1.22. The van der Waals surface area contributed by atoms with Crippen molar-refractivity contribution in [2.75, 3.05) is 13.7 Å². The van der Waals surface area contributed by atoms with Crippen LogP contribution in [0.2, 0.25) is 0 Å². The number of aliphatic hydroxyl groups is 3. The average molecular weight is 264 g/mol. The Kier molecular flexibility index (Phi) is 5.97. The average Bonchev–Trinajstić information content (AvgIpc) is 2.37. The molecule has 0 spiro atoms. The number of hydrogen-bond acceptors (Lipinski definition) is 7. The molecule has 2 unspecified atom stereocenters. The molecule has 7 heteroatoms. The summed E-state index contributed by atoms with van der Waals surface area (Å²) >= 11 is 0. The first kappa shape index (κ1) is 15.3. The number of carbonyl (C=O) groups excluding carboxylic acids is 1. The van der Waals surface area contributed by atoms with E-state index in [4.69, 9.17) is 9.47 Å². The minimum absolute atomic E-state index is 0.315. The zero-order valence-electron chi connectivity index (χ0n) is 10.5.